The summed E-state index contributed by atoms with van der Waals surface area (Å²) < 4.78 is 60.9. The quantitative estimate of drug-likeness (QED) is 0.459. The summed E-state index contributed by atoms with van der Waals surface area (Å²) >= 11 is 1.15. The van der Waals surface area contributed by atoms with Crippen LogP contribution in [0.2, 0.25) is 0 Å². The number of hydrogen-bond donors (Lipinski definition) is 2. The van der Waals surface area contributed by atoms with Gasteiger partial charge in [0.05, 0.1) is 34.9 Å². The third-order valence-electron chi connectivity index (χ3n) is 4.74. The number of anilines is 1. The predicted octanol–water partition coefficient (Wildman–Crippen LogP) is 2.92. The van der Waals surface area contributed by atoms with E-state index in [1.807, 2.05) is 0 Å². The number of rotatable bonds is 8. The van der Waals surface area contributed by atoms with E-state index in [9.17, 15) is 22.0 Å². The van der Waals surface area contributed by atoms with E-state index in [2.05, 4.69) is 20.0 Å². The van der Waals surface area contributed by atoms with Crippen molar-refractivity contribution < 1.29 is 31.5 Å². The largest absolute Gasteiger partial charge is 0.435 e. The van der Waals surface area contributed by atoms with Crippen molar-refractivity contribution >= 4 is 44.4 Å². The molecule has 1 saturated heterocycles. The molecule has 1 fully saturated rings. The maximum absolute atomic E-state index is 12.8. The molecule has 0 aliphatic carbocycles. The third-order valence-corrected chi connectivity index (χ3v) is 7.51. The van der Waals surface area contributed by atoms with Gasteiger partial charge in [0.2, 0.25) is 15.9 Å². The van der Waals surface area contributed by atoms with Crippen LogP contribution in [0.4, 0.5) is 14.5 Å². The Morgan fingerprint density at radius 3 is 2.64 bits per heavy atom. The Bertz CT molecular complexity index is 1230. The van der Waals surface area contributed by atoms with E-state index in [0.29, 0.717) is 48.2 Å². The molecule has 1 aliphatic heterocycles. The summed E-state index contributed by atoms with van der Waals surface area (Å²) in [6.45, 7) is -1.58. The van der Waals surface area contributed by atoms with Gasteiger partial charge in [-0.1, -0.05) is 11.8 Å². The Labute approximate surface area is 192 Å². The molecule has 3 aromatic rings. The molecular weight excluding hydrogens is 478 g/mol. The van der Waals surface area contributed by atoms with Crippen molar-refractivity contribution in [3.05, 3.63) is 42.5 Å². The van der Waals surface area contributed by atoms with Crippen molar-refractivity contribution in [1.82, 2.24) is 14.3 Å². The monoisotopic (exact) mass is 498 g/mol. The van der Waals surface area contributed by atoms with Gasteiger partial charge in [-0.2, -0.15) is 13.1 Å². The van der Waals surface area contributed by atoms with Crippen molar-refractivity contribution in [1.29, 1.82) is 0 Å². The number of ether oxygens (including phenoxy) is 2. The van der Waals surface area contributed by atoms with Crippen LogP contribution in [0.3, 0.4) is 0 Å². The van der Waals surface area contributed by atoms with E-state index in [1.165, 1.54) is 40.7 Å². The molecule has 0 spiro atoms. The second kappa shape index (κ2) is 10.0. The van der Waals surface area contributed by atoms with Gasteiger partial charge in [0, 0.05) is 18.8 Å². The molecule has 1 amide bonds. The van der Waals surface area contributed by atoms with Gasteiger partial charge in [-0.25, -0.2) is 13.4 Å². The van der Waals surface area contributed by atoms with Crippen LogP contribution in [0.1, 0.15) is 0 Å². The zero-order valence-corrected chi connectivity index (χ0v) is 18.8. The molecule has 1 aromatic heterocycles. The summed E-state index contributed by atoms with van der Waals surface area (Å²) in [4.78, 5) is 19.8. The fourth-order valence-corrected chi connectivity index (χ4v) is 5.30. The lowest BCUT2D eigenvalue weighted by atomic mass is 10.3. The number of hydrogen-bond acceptors (Lipinski definition) is 7. The summed E-state index contributed by atoms with van der Waals surface area (Å²) in [5.74, 6) is -0.290. The number of amides is 1. The Morgan fingerprint density at radius 1 is 1.21 bits per heavy atom. The molecule has 0 bridgehead atoms. The zero-order chi connectivity index (χ0) is 23.4. The predicted molar refractivity (Wildman–Crippen MR) is 118 cm³/mol. The van der Waals surface area contributed by atoms with Crippen LogP contribution in [-0.2, 0) is 19.6 Å². The second-order valence-corrected chi connectivity index (χ2v) is 9.88. The number of nitrogens with one attached hydrogen (secondary N) is 2. The zero-order valence-electron chi connectivity index (χ0n) is 17.2. The number of morpholine rings is 1. The first-order chi connectivity index (χ1) is 15.8. The van der Waals surface area contributed by atoms with Gasteiger partial charge in [-0.15, -0.1) is 0 Å². The van der Waals surface area contributed by atoms with E-state index in [1.54, 1.807) is 6.07 Å². The van der Waals surface area contributed by atoms with E-state index >= 15 is 0 Å². The standard InChI is InChI=1S/C20H20F2N4O5S2/c21-19(22)31-14-3-1-13(2-4-14)23-18(27)12-32-20-24-16-6-5-15(11-17(16)25-20)33(28,29)26-7-9-30-10-8-26/h1-6,11,19H,7-10,12H2,(H,23,27)(H,24,25). The van der Waals surface area contributed by atoms with Gasteiger partial charge in [0.25, 0.3) is 0 Å². The van der Waals surface area contributed by atoms with Crippen LogP contribution in [-0.4, -0.2) is 67.3 Å². The highest BCUT2D eigenvalue weighted by atomic mass is 32.2. The maximum Gasteiger partial charge on any atom is 0.387 e. The minimum Gasteiger partial charge on any atom is -0.435 e. The molecule has 0 atom stereocenters. The minimum atomic E-state index is -3.63. The average Bonchev–Trinajstić information content (AvgIpc) is 3.21. The molecule has 2 N–H and O–H groups in total. The number of halogens is 2. The van der Waals surface area contributed by atoms with Gasteiger partial charge >= 0.3 is 6.61 Å². The lowest BCUT2D eigenvalue weighted by molar-refractivity contribution is -0.113. The Hall–Kier alpha value is -2.74. The number of nitrogens with zero attached hydrogens (tertiary/aromatic N) is 2. The van der Waals surface area contributed by atoms with Crippen molar-refractivity contribution in [2.75, 3.05) is 37.4 Å². The van der Waals surface area contributed by atoms with Crippen LogP contribution in [0.25, 0.3) is 11.0 Å². The summed E-state index contributed by atoms with van der Waals surface area (Å²) in [5, 5.41) is 3.11. The molecule has 33 heavy (non-hydrogen) atoms. The van der Waals surface area contributed by atoms with E-state index in [0.717, 1.165) is 11.8 Å². The van der Waals surface area contributed by atoms with Crippen molar-refractivity contribution in [3.8, 4) is 5.75 Å². The summed E-state index contributed by atoms with van der Waals surface area (Å²) in [6.07, 6.45) is 0. The van der Waals surface area contributed by atoms with Crippen LogP contribution in [0.5, 0.6) is 5.75 Å². The van der Waals surface area contributed by atoms with Crippen LogP contribution in [0, 0.1) is 0 Å². The van der Waals surface area contributed by atoms with E-state index < -0.39 is 16.6 Å². The molecule has 1 aliphatic rings. The first kappa shape index (κ1) is 23.4. The number of aromatic nitrogens is 2. The number of fused-ring (bicyclic) bond motifs is 1. The smallest absolute Gasteiger partial charge is 0.387 e. The molecule has 2 aromatic carbocycles. The van der Waals surface area contributed by atoms with Crippen LogP contribution < -0.4 is 10.1 Å². The fraction of sp³-hybridized carbons (Fsp3) is 0.300. The second-order valence-electron chi connectivity index (χ2n) is 6.98. The number of imidazole rings is 1. The van der Waals surface area contributed by atoms with Crippen LogP contribution >= 0.6 is 11.8 Å². The molecule has 4 rings (SSSR count). The topological polar surface area (TPSA) is 114 Å². The highest BCUT2D eigenvalue weighted by molar-refractivity contribution is 7.99. The Kier molecular flexibility index (Phi) is 7.12. The molecule has 0 saturated carbocycles. The third kappa shape index (κ3) is 5.79. The number of aromatic amines is 1. The Balaban J connectivity index is 1.37. The Morgan fingerprint density at radius 2 is 1.94 bits per heavy atom. The van der Waals surface area contributed by atoms with E-state index in [4.69, 9.17) is 4.74 Å². The van der Waals surface area contributed by atoms with Gasteiger partial charge in [0.1, 0.15) is 5.75 Å². The van der Waals surface area contributed by atoms with Gasteiger partial charge in [0.15, 0.2) is 5.16 Å². The summed E-state index contributed by atoms with van der Waals surface area (Å²) in [7, 11) is -3.63. The number of H-pyrrole nitrogens is 1. The fourth-order valence-electron chi connectivity index (χ4n) is 3.18. The first-order valence-corrected chi connectivity index (χ1v) is 12.3. The number of carbonyl (C=O) groups is 1. The average molecular weight is 499 g/mol. The SMILES string of the molecule is O=C(CSc1nc2ccc(S(=O)(=O)N3CCOCC3)cc2[nH]1)Nc1ccc(OC(F)F)cc1. The minimum absolute atomic E-state index is 0.00495. The maximum atomic E-state index is 12.8. The number of carbonyl (C=O) groups excluding carboxylic acids is 1. The van der Waals surface area contributed by atoms with Gasteiger partial charge < -0.3 is 19.8 Å². The van der Waals surface area contributed by atoms with Gasteiger partial charge in [-0.05, 0) is 42.5 Å². The molecule has 9 nitrogen and oxygen atoms in total. The highest BCUT2D eigenvalue weighted by Gasteiger charge is 2.26. The van der Waals surface area contributed by atoms with Crippen molar-refractivity contribution in [2.24, 2.45) is 0 Å². The number of benzene rings is 2. The van der Waals surface area contributed by atoms with Gasteiger partial charge in [-0.3, -0.25) is 4.79 Å². The lowest BCUT2D eigenvalue weighted by Gasteiger charge is -2.25. The highest BCUT2D eigenvalue weighted by Crippen LogP contribution is 2.25. The van der Waals surface area contributed by atoms with Crippen molar-refractivity contribution in [3.63, 3.8) is 0 Å². The molecule has 13 heteroatoms. The van der Waals surface area contributed by atoms with E-state index in [-0.39, 0.29) is 22.3 Å². The molecule has 176 valence electrons. The summed E-state index contributed by atoms with van der Waals surface area (Å²) in [5.41, 5.74) is 1.56. The molecule has 2 heterocycles. The normalized spacial score (nSPS) is 15.1. The molecular formula is C20H20F2N4O5S2. The molecule has 0 radical (unpaired) electrons. The first-order valence-electron chi connectivity index (χ1n) is 9.86. The van der Waals surface area contributed by atoms with Crippen LogP contribution in [0.15, 0.2) is 52.5 Å². The number of sulfonamides is 1. The molecule has 0 unspecified atom stereocenters. The van der Waals surface area contributed by atoms with Crippen molar-refractivity contribution in [2.45, 2.75) is 16.7 Å². The summed E-state index contributed by atoms with van der Waals surface area (Å²) in [6, 6.07) is 10.2. The number of thioether (sulfide) groups is 1. The lowest BCUT2D eigenvalue weighted by Crippen LogP contribution is -2.40. The number of alkyl halides is 2.